The number of hydrogen-bond donors (Lipinski definition) is 1. The first-order valence-corrected chi connectivity index (χ1v) is 16.2. The second-order valence-electron chi connectivity index (χ2n) is 9.12. The first kappa shape index (κ1) is 37.3. The number of hydrogen-bond acceptors (Lipinski definition) is 8. The molecule has 2 aromatic rings. The van der Waals surface area contributed by atoms with Crippen LogP contribution in [0.4, 0.5) is 38.0 Å². The highest BCUT2D eigenvalue weighted by Gasteiger charge is 2.53. The summed E-state index contributed by atoms with van der Waals surface area (Å²) in [6.07, 6.45) is 5.87. The van der Waals surface area contributed by atoms with Crippen LogP contribution in [0.25, 0.3) is 12.2 Å². The van der Waals surface area contributed by atoms with Crippen LogP contribution in [0.3, 0.4) is 0 Å². The van der Waals surface area contributed by atoms with E-state index < -0.39 is 42.6 Å². The minimum Gasteiger partial charge on any atom is -0.508 e. The van der Waals surface area contributed by atoms with Crippen LogP contribution < -0.4 is 17.7 Å². The van der Waals surface area contributed by atoms with Crippen LogP contribution in [0, 0.1) is 0 Å². The minimum absolute atomic E-state index is 0.0664. The van der Waals surface area contributed by atoms with E-state index >= 15 is 0 Å². The normalized spacial score (nSPS) is 13.5. The summed E-state index contributed by atoms with van der Waals surface area (Å²) >= 11 is 0. The lowest BCUT2D eigenvalue weighted by molar-refractivity contribution is -0.505. The third-order valence-electron chi connectivity index (χ3n) is 6.29. The summed E-state index contributed by atoms with van der Waals surface area (Å²) in [5, 5.41) is 10.1. The molecule has 0 aliphatic heterocycles. The fraction of sp³-hybridized carbons (Fsp3) is 0.370. The van der Waals surface area contributed by atoms with E-state index in [1.165, 1.54) is 21.9 Å². The van der Waals surface area contributed by atoms with E-state index in [0.717, 1.165) is 36.4 Å². The number of carbonyl (C=O) groups excluding carboxylic acids is 1. The van der Waals surface area contributed by atoms with Crippen LogP contribution in [0.2, 0.25) is 0 Å². The molecule has 10 nitrogen and oxygen atoms in total. The maximum absolute atomic E-state index is 13.4. The van der Waals surface area contributed by atoms with Crippen molar-refractivity contribution in [3.05, 3.63) is 71.8 Å². The molecule has 45 heavy (non-hydrogen) atoms. The first-order chi connectivity index (χ1) is 20.7. The van der Waals surface area contributed by atoms with E-state index in [4.69, 9.17) is 0 Å². The van der Waals surface area contributed by atoms with Crippen LogP contribution in [-0.4, -0.2) is 64.9 Å². The van der Waals surface area contributed by atoms with E-state index in [9.17, 15) is 53.1 Å². The fourth-order valence-electron chi connectivity index (χ4n) is 3.97. The maximum atomic E-state index is 13.4. The summed E-state index contributed by atoms with van der Waals surface area (Å²) < 4.78 is 129. The van der Waals surface area contributed by atoms with Crippen molar-refractivity contribution in [1.29, 1.82) is 0 Å². The van der Waals surface area contributed by atoms with Gasteiger partial charge in [-0.25, -0.2) is 0 Å². The third-order valence-corrected chi connectivity index (χ3v) is 9.08. The highest BCUT2D eigenvalue weighted by molar-refractivity contribution is 7.86. The molecule has 0 unspecified atom stereocenters. The molecule has 0 aromatic carbocycles. The van der Waals surface area contributed by atoms with Crippen LogP contribution >= 0.6 is 0 Å². The highest BCUT2D eigenvalue weighted by Crippen LogP contribution is 2.25. The van der Waals surface area contributed by atoms with Gasteiger partial charge in [0.1, 0.15) is 18.2 Å². The second-order valence-corrected chi connectivity index (χ2v) is 12.7. The van der Waals surface area contributed by atoms with Crippen LogP contribution in [-0.2, 0) is 24.8 Å². The van der Waals surface area contributed by atoms with Gasteiger partial charge < -0.3 is 5.11 Å². The van der Waals surface area contributed by atoms with Gasteiger partial charge in [-0.1, -0.05) is 0 Å². The number of ketones is 1. The van der Waals surface area contributed by atoms with Gasteiger partial charge in [-0.15, -0.1) is 7.94 Å². The van der Waals surface area contributed by atoms with Crippen molar-refractivity contribution < 1.29 is 61.0 Å². The third kappa shape index (κ3) is 8.62. The van der Waals surface area contributed by atoms with Crippen molar-refractivity contribution in [2.75, 3.05) is 36.0 Å². The number of allylic oxidation sites excluding steroid dienone is 3. The topological polar surface area (TPSA) is 120 Å². The molecule has 0 atom stereocenters. The van der Waals surface area contributed by atoms with Gasteiger partial charge in [-0.05, 0) is 64.1 Å². The largest absolute Gasteiger partial charge is 0.537 e. The maximum Gasteiger partial charge on any atom is 0.537 e. The molecule has 0 aliphatic carbocycles. The Bertz CT molecular complexity index is 1690. The van der Waals surface area contributed by atoms with Gasteiger partial charge in [0.25, 0.3) is 11.6 Å². The average molecular weight is 687 g/mol. The van der Waals surface area contributed by atoms with E-state index in [2.05, 4.69) is 0 Å². The molecule has 2 rings (SSSR count). The predicted octanol–water partition coefficient (Wildman–Crippen LogP) is 4.09. The summed E-state index contributed by atoms with van der Waals surface area (Å²) in [6, 6.07) is 4.89. The van der Waals surface area contributed by atoms with E-state index in [1.807, 2.05) is 0 Å². The Morgan fingerprint density at radius 3 is 1.40 bits per heavy atom. The first-order valence-electron chi connectivity index (χ1n) is 13.3. The lowest BCUT2D eigenvalue weighted by Gasteiger charge is -2.17. The monoisotopic (exact) mass is 686 g/mol. The van der Waals surface area contributed by atoms with Gasteiger partial charge in [0.05, 0.1) is 26.2 Å². The van der Waals surface area contributed by atoms with Crippen molar-refractivity contribution in [2.45, 2.75) is 38.7 Å². The molecule has 1 N–H and O–H groups in total. The number of rotatable bonds is 13. The molecule has 2 heterocycles. The molecule has 0 amide bonds. The number of aromatic nitrogens is 2. The Labute approximate surface area is 256 Å². The molecule has 2 aromatic heterocycles. The summed E-state index contributed by atoms with van der Waals surface area (Å²) in [5.74, 6) is -2.09. The van der Waals surface area contributed by atoms with Crippen molar-refractivity contribution in [1.82, 2.24) is 0 Å². The summed E-state index contributed by atoms with van der Waals surface area (Å²) in [6.45, 7) is 7.31. The molecule has 18 heteroatoms. The van der Waals surface area contributed by atoms with Crippen LogP contribution in [0.1, 0.15) is 38.8 Å². The molecule has 0 saturated carbocycles. The Morgan fingerprint density at radius 1 is 0.711 bits per heavy atom. The van der Waals surface area contributed by atoms with Crippen LogP contribution in [0.5, 0.6) is 0 Å². The number of anilines is 2. The SMILES string of the molecule is CCN(CC)c1ccc(C=CC(=O)C=C(O)C=Cc2ccc(N(CC)CC)[n+](S(=O)(=O)C(F)(F)F)c2)c[n+]1S(=O)(=O)C(F)(F)F. The van der Waals surface area contributed by atoms with Crippen LogP contribution in [0.15, 0.2) is 60.6 Å². The lowest BCUT2D eigenvalue weighted by Crippen LogP contribution is -2.54. The van der Waals surface area contributed by atoms with Gasteiger partial charge in [-0.3, -0.25) is 14.6 Å². The Kier molecular flexibility index (Phi) is 12.0. The smallest absolute Gasteiger partial charge is 0.508 e. The summed E-state index contributed by atoms with van der Waals surface area (Å²) in [5.41, 5.74) is -11.4. The van der Waals surface area contributed by atoms with Crippen molar-refractivity contribution in [3.8, 4) is 0 Å². The summed E-state index contributed by atoms with van der Waals surface area (Å²) in [4.78, 5) is 15.1. The molecule has 0 saturated heterocycles. The van der Waals surface area contributed by atoms with Gasteiger partial charge in [0.15, 0.2) is 5.78 Å². The van der Waals surface area contributed by atoms with E-state index in [0.29, 0.717) is 18.5 Å². The predicted molar refractivity (Wildman–Crippen MR) is 155 cm³/mol. The summed E-state index contributed by atoms with van der Waals surface area (Å²) in [7, 11) is -11.6. The quantitative estimate of drug-likeness (QED) is 0.110. The van der Waals surface area contributed by atoms with E-state index in [1.54, 1.807) is 27.7 Å². The standard InChI is InChI=1S/C27H31F6N4O6S2/c1-5-34(6-2)24-15-11-20(18-36(24)44(40,41)26(28,29)30)9-13-22(38)17-23(39)14-10-21-12-16-25(35(7-3)8-4)37(19-21)45(42,43)27(31,32)33/h9-19H,5-8H2,1-4H3/q+1/p+1. The zero-order chi connectivity index (χ0) is 34.4. The average Bonchev–Trinajstić information content (AvgIpc) is 2.95. The van der Waals surface area contributed by atoms with Gasteiger partial charge in [0, 0.05) is 29.3 Å². The van der Waals surface area contributed by atoms with Gasteiger partial charge >= 0.3 is 31.1 Å². The molecule has 0 radical (unpaired) electrons. The number of carbonyl (C=O) groups is 1. The Hall–Kier alpha value is -3.93. The highest BCUT2D eigenvalue weighted by atomic mass is 32.2. The number of nitrogens with zero attached hydrogens (tertiary/aromatic N) is 4. The molecule has 248 valence electrons. The van der Waals surface area contributed by atoms with Crippen molar-refractivity contribution in [3.63, 3.8) is 0 Å². The number of pyridine rings is 2. The molecular formula is C27H32F6N4O6S2+2. The fourth-order valence-corrected chi connectivity index (χ4v) is 5.78. The van der Waals surface area contributed by atoms with E-state index in [-0.39, 0.29) is 56.9 Å². The number of halogens is 6. The van der Waals surface area contributed by atoms with Crippen molar-refractivity contribution in [2.24, 2.45) is 0 Å². The molecule has 0 spiro atoms. The van der Waals surface area contributed by atoms with Crippen molar-refractivity contribution >= 4 is 49.6 Å². The zero-order valence-electron chi connectivity index (χ0n) is 24.5. The zero-order valence-corrected chi connectivity index (χ0v) is 26.2. The molecule has 0 aliphatic rings. The lowest BCUT2D eigenvalue weighted by atomic mass is 10.2. The Morgan fingerprint density at radius 2 is 1.07 bits per heavy atom. The van der Waals surface area contributed by atoms with Gasteiger partial charge in [0.2, 0.25) is 0 Å². The molecular weight excluding hydrogens is 654 g/mol. The minimum atomic E-state index is -5.83. The number of aliphatic hydroxyl groups excluding tert-OH is 1. The number of alkyl halides is 6. The second kappa shape index (κ2) is 14.4. The Balaban J connectivity index is 2.41. The van der Waals surface area contributed by atoms with Gasteiger partial charge in [-0.2, -0.15) is 43.2 Å². The molecule has 0 fully saturated rings. The number of aliphatic hydroxyl groups is 1. The molecule has 0 bridgehead atoms.